The van der Waals surface area contributed by atoms with Crippen LogP contribution in [0.3, 0.4) is 0 Å². The van der Waals surface area contributed by atoms with Gasteiger partial charge in [0.1, 0.15) is 12.2 Å². The fourth-order valence-electron chi connectivity index (χ4n) is 1.94. The van der Waals surface area contributed by atoms with Gasteiger partial charge < -0.3 is 9.64 Å². The number of hydrogen-bond donors (Lipinski definition) is 0. The Balaban J connectivity index is 2.34. The lowest BCUT2D eigenvalue weighted by Crippen LogP contribution is -2.33. The van der Waals surface area contributed by atoms with Gasteiger partial charge in [0, 0.05) is 16.8 Å². The van der Waals surface area contributed by atoms with Crippen LogP contribution in [0.2, 0.25) is 0 Å². The van der Waals surface area contributed by atoms with Crippen LogP contribution in [0, 0.1) is 0 Å². The number of ether oxygens (including phenoxy) is 1. The van der Waals surface area contributed by atoms with Gasteiger partial charge in [-0.3, -0.25) is 14.5 Å². The van der Waals surface area contributed by atoms with E-state index in [9.17, 15) is 9.59 Å². The number of carbonyl (C=O) groups is 2. The molecule has 1 saturated heterocycles. The Morgan fingerprint density at radius 1 is 1.48 bits per heavy atom. The molecule has 1 aliphatic rings. The van der Waals surface area contributed by atoms with Gasteiger partial charge in [0.25, 0.3) is 5.91 Å². The van der Waals surface area contributed by atoms with Crippen LogP contribution in [0.25, 0.3) is 6.08 Å². The molecule has 0 radical (unpaired) electrons. The molecule has 112 valence electrons. The summed E-state index contributed by atoms with van der Waals surface area (Å²) in [4.78, 5) is 28.8. The van der Waals surface area contributed by atoms with Crippen molar-refractivity contribution < 1.29 is 14.3 Å². The van der Waals surface area contributed by atoms with Gasteiger partial charge >= 0.3 is 5.97 Å². The number of aryl methyl sites for hydroxylation is 1. The molecule has 0 N–H and O–H groups in total. The first kappa shape index (κ1) is 15.7. The smallest absolute Gasteiger partial charge is 0.325 e. The SMILES string of the molecule is CCc1ccc(/C=C2/C(=O)N(C)C(=S)N2CC(=O)OC)s1. The van der Waals surface area contributed by atoms with Gasteiger partial charge in [-0.25, -0.2) is 0 Å². The Labute approximate surface area is 132 Å². The third kappa shape index (κ3) is 3.14. The van der Waals surface area contributed by atoms with E-state index in [1.165, 1.54) is 21.8 Å². The van der Waals surface area contributed by atoms with Gasteiger partial charge in [-0.1, -0.05) is 6.92 Å². The second-order valence-corrected chi connectivity index (χ2v) is 6.06. The molecule has 0 saturated carbocycles. The minimum atomic E-state index is -0.438. The van der Waals surface area contributed by atoms with Crippen molar-refractivity contribution in [2.75, 3.05) is 20.7 Å². The minimum Gasteiger partial charge on any atom is -0.468 e. The fraction of sp³-hybridized carbons (Fsp3) is 0.357. The number of methoxy groups -OCH3 is 1. The van der Waals surface area contributed by atoms with Gasteiger partial charge in [-0.2, -0.15) is 0 Å². The molecule has 0 aliphatic carbocycles. The number of esters is 1. The lowest BCUT2D eigenvalue weighted by Gasteiger charge is -2.16. The molecular weight excluding hydrogens is 308 g/mol. The molecule has 5 nitrogen and oxygen atoms in total. The highest BCUT2D eigenvalue weighted by molar-refractivity contribution is 7.80. The first-order valence-electron chi connectivity index (χ1n) is 6.44. The van der Waals surface area contributed by atoms with E-state index in [0.717, 1.165) is 11.3 Å². The molecule has 0 unspecified atom stereocenters. The maximum absolute atomic E-state index is 12.3. The number of amides is 1. The molecule has 0 spiro atoms. The maximum Gasteiger partial charge on any atom is 0.325 e. The largest absolute Gasteiger partial charge is 0.468 e. The van der Waals surface area contributed by atoms with Gasteiger partial charge in [0.2, 0.25) is 0 Å². The number of likely N-dealkylation sites (N-methyl/N-ethyl adjacent to an activating group) is 1. The van der Waals surface area contributed by atoms with Crippen LogP contribution in [-0.4, -0.2) is 47.5 Å². The van der Waals surface area contributed by atoms with Gasteiger partial charge in [-0.15, -0.1) is 11.3 Å². The van der Waals surface area contributed by atoms with Crippen molar-refractivity contribution in [2.24, 2.45) is 0 Å². The number of hydrogen-bond acceptors (Lipinski definition) is 5. The number of thiophene rings is 1. The monoisotopic (exact) mass is 324 g/mol. The maximum atomic E-state index is 12.3. The van der Waals surface area contributed by atoms with E-state index in [0.29, 0.717) is 10.8 Å². The fourth-order valence-corrected chi connectivity index (χ4v) is 3.08. The number of nitrogens with zero attached hydrogens (tertiary/aromatic N) is 2. The molecule has 1 aromatic rings. The Morgan fingerprint density at radius 2 is 2.19 bits per heavy atom. The van der Waals surface area contributed by atoms with Crippen molar-refractivity contribution in [3.05, 3.63) is 27.6 Å². The number of carbonyl (C=O) groups excluding carboxylic acids is 2. The van der Waals surface area contributed by atoms with Crippen molar-refractivity contribution in [1.29, 1.82) is 0 Å². The van der Waals surface area contributed by atoms with Crippen LogP contribution in [0.5, 0.6) is 0 Å². The topological polar surface area (TPSA) is 49.9 Å². The highest BCUT2D eigenvalue weighted by Gasteiger charge is 2.36. The molecule has 7 heteroatoms. The van der Waals surface area contributed by atoms with Crippen LogP contribution in [0.15, 0.2) is 17.8 Å². The van der Waals surface area contributed by atoms with Crippen LogP contribution in [-0.2, 0) is 20.7 Å². The Morgan fingerprint density at radius 3 is 2.76 bits per heavy atom. The molecule has 0 atom stereocenters. The van der Waals surface area contributed by atoms with Crippen molar-refractivity contribution in [3.63, 3.8) is 0 Å². The van der Waals surface area contributed by atoms with Gasteiger partial charge in [0.15, 0.2) is 5.11 Å². The molecular formula is C14H16N2O3S2. The molecule has 2 heterocycles. The number of thiocarbonyl (C=S) groups is 1. The van der Waals surface area contributed by atoms with Gasteiger partial charge in [0.05, 0.1) is 7.11 Å². The zero-order valence-corrected chi connectivity index (χ0v) is 13.7. The first-order valence-corrected chi connectivity index (χ1v) is 7.67. The summed E-state index contributed by atoms with van der Waals surface area (Å²) in [5.41, 5.74) is 0.400. The standard InChI is InChI=1S/C14H16N2O3S2/c1-4-9-5-6-10(21-9)7-11-13(18)15(2)14(20)16(11)8-12(17)19-3/h5-7H,4,8H2,1-3H3/b11-7-. The Kier molecular flexibility index (Phi) is 4.74. The summed E-state index contributed by atoms with van der Waals surface area (Å²) in [7, 11) is 2.91. The molecule has 21 heavy (non-hydrogen) atoms. The second kappa shape index (κ2) is 6.36. The molecule has 1 fully saturated rings. The molecule has 2 rings (SSSR count). The lowest BCUT2D eigenvalue weighted by molar-refractivity contribution is -0.140. The number of rotatable bonds is 4. The predicted molar refractivity (Wildman–Crippen MR) is 85.8 cm³/mol. The van der Waals surface area contributed by atoms with Crippen LogP contribution in [0.1, 0.15) is 16.7 Å². The van der Waals surface area contributed by atoms with E-state index in [4.69, 9.17) is 12.2 Å². The van der Waals surface area contributed by atoms with E-state index in [1.807, 2.05) is 12.1 Å². The molecule has 0 bridgehead atoms. The lowest BCUT2D eigenvalue weighted by atomic mass is 10.3. The van der Waals surface area contributed by atoms with Crippen molar-refractivity contribution in [1.82, 2.24) is 9.80 Å². The van der Waals surface area contributed by atoms with Crippen LogP contribution >= 0.6 is 23.6 Å². The molecule has 0 aromatic carbocycles. The van der Waals surface area contributed by atoms with Crippen molar-refractivity contribution >= 4 is 46.6 Å². The summed E-state index contributed by atoms with van der Waals surface area (Å²) in [6.45, 7) is 2.01. The third-order valence-electron chi connectivity index (χ3n) is 3.16. The minimum absolute atomic E-state index is 0.0662. The summed E-state index contributed by atoms with van der Waals surface area (Å²) in [6.07, 6.45) is 2.72. The molecule has 1 aliphatic heterocycles. The molecule has 1 aromatic heterocycles. The second-order valence-electron chi connectivity index (χ2n) is 4.50. The van der Waals surface area contributed by atoms with Crippen molar-refractivity contribution in [3.8, 4) is 0 Å². The zero-order chi connectivity index (χ0) is 15.6. The van der Waals surface area contributed by atoms with Gasteiger partial charge in [-0.05, 0) is 36.8 Å². The van der Waals surface area contributed by atoms with E-state index in [-0.39, 0.29) is 12.5 Å². The highest BCUT2D eigenvalue weighted by Crippen LogP contribution is 2.26. The van der Waals surface area contributed by atoms with Crippen LogP contribution < -0.4 is 0 Å². The van der Waals surface area contributed by atoms with E-state index >= 15 is 0 Å². The molecule has 1 amide bonds. The Hall–Kier alpha value is -1.73. The first-order chi connectivity index (χ1) is 9.97. The average molecular weight is 324 g/mol. The highest BCUT2D eigenvalue weighted by atomic mass is 32.1. The summed E-state index contributed by atoms with van der Waals surface area (Å²) >= 11 is 6.83. The zero-order valence-electron chi connectivity index (χ0n) is 12.1. The van der Waals surface area contributed by atoms with Crippen molar-refractivity contribution in [2.45, 2.75) is 13.3 Å². The third-order valence-corrected chi connectivity index (χ3v) is 4.83. The van der Waals surface area contributed by atoms with E-state index < -0.39 is 5.97 Å². The summed E-state index contributed by atoms with van der Waals surface area (Å²) in [5, 5.41) is 0.309. The van der Waals surface area contributed by atoms with E-state index in [2.05, 4.69) is 11.7 Å². The predicted octanol–water partition coefficient (Wildman–Crippen LogP) is 1.88. The summed E-state index contributed by atoms with van der Waals surface area (Å²) in [5.74, 6) is -0.651. The summed E-state index contributed by atoms with van der Waals surface area (Å²) in [6, 6.07) is 3.99. The quantitative estimate of drug-likeness (QED) is 0.481. The average Bonchev–Trinajstić information content (AvgIpc) is 3.02. The Bertz CT molecular complexity index is 621. The summed E-state index contributed by atoms with van der Waals surface area (Å²) < 4.78 is 4.66. The normalized spacial score (nSPS) is 17.0. The van der Waals surface area contributed by atoms with Crippen LogP contribution in [0.4, 0.5) is 0 Å². The van der Waals surface area contributed by atoms with E-state index in [1.54, 1.807) is 24.5 Å².